The minimum Gasteiger partial charge on any atom is -0.457 e. The van der Waals surface area contributed by atoms with Crippen LogP contribution >= 0.6 is 11.6 Å². The van der Waals surface area contributed by atoms with E-state index in [1.165, 1.54) is 6.42 Å². The Balaban J connectivity index is 1.50. The van der Waals surface area contributed by atoms with Crippen molar-refractivity contribution in [3.8, 4) is 0 Å². The lowest BCUT2D eigenvalue weighted by atomic mass is 9.94. The molecule has 1 aromatic carbocycles. The molecule has 1 aliphatic heterocycles. The molecule has 1 saturated heterocycles. The highest BCUT2D eigenvalue weighted by Crippen LogP contribution is 2.29. The number of benzene rings is 1. The number of ether oxygens (including phenoxy) is 1. The molecule has 1 aromatic rings. The molecule has 0 bridgehead atoms. The fourth-order valence-corrected chi connectivity index (χ4v) is 3.73. The number of carbonyl (C=O) groups is 3. The molecular formula is C19H22ClNO4. The summed E-state index contributed by atoms with van der Waals surface area (Å²) in [6, 6.07) is 6.70. The van der Waals surface area contributed by atoms with Crippen molar-refractivity contribution < 1.29 is 19.1 Å². The third kappa shape index (κ3) is 4.40. The zero-order valence-corrected chi connectivity index (χ0v) is 14.8. The first-order chi connectivity index (χ1) is 12.0. The summed E-state index contributed by atoms with van der Waals surface area (Å²) >= 11 is 5.79. The molecule has 0 radical (unpaired) electrons. The maximum atomic E-state index is 12.2. The van der Waals surface area contributed by atoms with Crippen molar-refractivity contribution in [2.45, 2.75) is 44.6 Å². The van der Waals surface area contributed by atoms with Crippen LogP contribution in [0.15, 0.2) is 24.3 Å². The van der Waals surface area contributed by atoms with Crippen LogP contribution in [0.2, 0.25) is 5.02 Å². The van der Waals surface area contributed by atoms with Crippen molar-refractivity contribution >= 4 is 29.3 Å². The third-order valence-electron chi connectivity index (χ3n) is 5.02. The molecule has 6 heteroatoms. The van der Waals surface area contributed by atoms with Crippen LogP contribution in [-0.4, -0.2) is 41.8 Å². The summed E-state index contributed by atoms with van der Waals surface area (Å²) in [5.41, 5.74) is 0.448. The molecule has 25 heavy (non-hydrogen) atoms. The number of Topliss-reactive ketones (excluding diaryl/α,β-unsaturated/α-hetero) is 1. The fraction of sp³-hybridized carbons (Fsp3) is 0.526. The molecule has 1 unspecified atom stereocenters. The topological polar surface area (TPSA) is 63.7 Å². The molecule has 2 fully saturated rings. The van der Waals surface area contributed by atoms with Gasteiger partial charge in [0.1, 0.15) is 0 Å². The molecule has 5 nitrogen and oxygen atoms in total. The van der Waals surface area contributed by atoms with Crippen molar-refractivity contribution in [1.29, 1.82) is 0 Å². The van der Waals surface area contributed by atoms with E-state index in [4.69, 9.17) is 16.3 Å². The molecule has 2 aliphatic rings. The molecule has 3 rings (SSSR count). The molecule has 1 atom stereocenters. The Kier molecular flexibility index (Phi) is 5.74. The molecule has 0 N–H and O–H groups in total. The second-order valence-electron chi connectivity index (χ2n) is 6.78. The summed E-state index contributed by atoms with van der Waals surface area (Å²) in [6.45, 7) is 0.103. The molecule has 1 heterocycles. The van der Waals surface area contributed by atoms with Gasteiger partial charge in [-0.15, -0.1) is 0 Å². The zero-order chi connectivity index (χ0) is 17.8. The van der Waals surface area contributed by atoms with Crippen LogP contribution in [-0.2, 0) is 14.3 Å². The summed E-state index contributed by atoms with van der Waals surface area (Å²) in [5, 5.41) is 0.542. The first-order valence-corrected chi connectivity index (χ1v) is 9.17. The Hall–Kier alpha value is -1.88. The van der Waals surface area contributed by atoms with Crippen molar-refractivity contribution in [1.82, 2.24) is 4.90 Å². The minimum absolute atomic E-state index is 0.0258. The first-order valence-electron chi connectivity index (χ1n) is 8.79. The van der Waals surface area contributed by atoms with E-state index in [2.05, 4.69) is 0 Å². The first kappa shape index (κ1) is 17.9. The Bertz CT molecular complexity index is 652. The minimum atomic E-state index is -0.465. The summed E-state index contributed by atoms with van der Waals surface area (Å²) in [5.74, 6) is -1.18. The Morgan fingerprint density at radius 3 is 2.48 bits per heavy atom. The van der Waals surface area contributed by atoms with E-state index in [-0.39, 0.29) is 30.8 Å². The van der Waals surface area contributed by atoms with Gasteiger partial charge in [-0.3, -0.25) is 14.4 Å². The van der Waals surface area contributed by atoms with Crippen LogP contribution in [0.25, 0.3) is 0 Å². The average molecular weight is 364 g/mol. The largest absolute Gasteiger partial charge is 0.457 e. The van der Waals surface area contributed by atoms with Gasteiger partial charge in [-0.05, 0) is 37.1 Å². The van der Waals surface area contributed by atoms with Gasteiger partial charge < -0.3 is 9.64 Å². The van der Waals surface area contributed by atoms with Gasteiger partial charge in [-0.1, -0.05) is 30.9 Å². The molecule has 1 aliphatic carbocycles. The number of esters is 1. The lowest BCUT2D eigenvalue weighted by Gasteiger charge is -2.31. The highest BCUT2D eigenvalue weighted by molar-refractivity contribution is 6.30. The van der Waals surface area contributed by atoms with Crippen LogP contribution in [0, 0.1) is 5.92 Å². The van der Waals surface area contributed by atoms with E-state index in [0.717, 1.165) is 25.7 Å². The monoisotopic (exact) mass is 363 g/mol. The van der Waals surface area contributed by atoms with E-state index in [0.29, 0.717) is 17.1 Å². The molecular weight excluding hydrogens is 342 g/mol. The van der Waals surface area contributed by atoms with Crippen molar-refractivity contribution in [2.75, 3.05) is 13.2 Å². The maximum absolute atomic E-state index is 12.2. The predicted molar refractivity (Wildman–Crippen MR) is 93.4 cm³/mol. The normalized spacial score (nSPS) is 21.4. The zero-order valence-electron chi connectivity index (χ0n) is 14.1. The Morgan fingerprint density at radius 1 is 1.12 bits per heavy atom. The summed E-state index contributed by atoms with van der Waals surface area (Å²) in [6.07, 6.45) is 5.71. The van der Waals surface area contributed by atoms with Gasteiger partial charge in [0, 0.05) is 29.6 Å². The molecule has 0 spiro atoms. The number of amides is 1. The van der Waals surface area contributed by atoms with Gasteiger partial charge >= 0.3 is 5.97 Å². The molecule has 1 saturated carbocycles. The average Bonchev–Trinajstić information content (AvgIpc) is 3.02. The van der Waals surface area contributed by atoms with Crippen molar-refractivity contribution in [3.63, 3.8) is 0 Å². The Labute approximate surface area is 152 Å². The van der Waals surface area contributed by atoms with Crippen LogP contribution in [0.1, 0.15) is 48.9 Å². The van der Waals surface area contributed by atoms with Gasteiger partial charge in [0.15, 0.2) is 12.4 Å². The van der Waals surface area contributed by atoms with Crippen LogP contribution < -0.4 is 0 Å². The number of rotatable bonds is 5. The van der Waals surface area contributed by atoms with Crippen LogP contribution in [0.3, 0.4) is 0 Å². The van der Waals surface area contributed by atoms with E-state index < -0.39 is 11.9 Å². The second-order valence-corrected chi connectivity index (χ2v) is 7.21. The van der Waals surface area contributed by atoms with Crippen LogP contribution in [0.5, 0.6) is 0 Å². The molecule has 0 aromatic heterocycles. The van der Waals surface area contributed by atoms with Gasteiger partial charge in [0.05, 0.1) is 5.92 Å². The number of carbonyl (C=O) groups excluding carboxylic acids is 3. The number of nitrogens with zero attached hydrogens (tertiary/aromatic N) is 1. The lowest BCUT2D eigenvalue weighted by Crippen LogP contribution is -2.38. The SMILES string of the molecule is O=C(COC(=O)C1CC(=O)N(C2CCCCC2)C1)c1ccc(Cl)cc1. The summed E-state index contributed by atoms with van der Waals surface area (Å²) in [4.78, 5) is 38.3. The van der Waals surface area contributed by atoms with Crippen molar-refractivity contribution in [2.24, 2.45) is 5.92 Å². The number of ketones is 1. The molecule has 134 valence electrons. The molecule has 1 amide bonds. The quantitative estimate of drug-likeness (QED) is 0.595. The number of likely N-dealkylation sites (tertiary alicyclic amines) is 1. The fourth-order valence-electron chi connectivity index (χ4n) is 3.61. The van der Waals surface area contributed by atoms with Crippen LogP contribution in [0.4, 0.5) is 0 Å². The van der Waals surface area contributed by atoms with Gasteiger partial charge in [0.2, 0.25) is 5.91 Å². The van der Waals surface area contributed by atoms with E-state index in [1.54, 1.807) is 24.3 Å². The smallest absolute Gasteiger partial charge is 0.311 e. The van der Waals surface area contributed by atoms with Crippen molar-refractivity contribution in [3.05, 3.63) is 34.9 Å². The van der Waals surface area contributed by atoms with Gasteiger partial charge in [0.25, 0.3) is 0 Å². The predicted octanol–water partition coefficient (Wildman–Crippen LogP) is 3.25. The number of hydrogen-bond donors (Lipinski definition) is 0. The lowest BCUT2D eigenvalue weighted by molar-refractivity contribution is -0.147. The summed E-state index contributed by atoms with van der Waals surface area (Å²) in [7, 11) is 0. The number of halogens is 1. The summed E-state index contributed by atoms with van der Waals surface area (Å²) < 4.78 is 5.16. The maximum Gasteiger partial charge on any atom is 0.311 e. The number of hydrogen-bond acceptors (Lipinski definition) is 4. The van der Waals surface area contributed by atoms with Gasteiger partial charge in [-0.25, -0.2) is 0 Å². The second kappa shape index (κ2) is 8.00. The highest BCUT2D eigenvalue weighted by Gasteiger charge is 2.39. The Morgan fingerprint density at radius 2 is 1.80 bits per heavy atom. The van der Waals surface area contributed by atoms with E-state index >= 15 is 0 Å². The highest BCUT2D eigenvalue weighted by atomic mass is 35.5. The third-order valence-corrected chi connectivity index (χ3v) is 5.27. The standard InChI is InChI=1S/C19H22ClNO4/c20-15-8-6-13(7-9-15)17(22)12-25-19(24)14-10-18(23)21(11-14)16-4-2-1-3-5-16/h6-9,14,16H,1-5,10-12H2. The van der Waals surface area contributed by atoms with E-state index in [1.807, 2.05) is 4.90 Å². The van der Waals surface area contributed by atoms with Gasteiger partial charge in [-0.2, -0.15) is 0 Å². The van der Waals surface area contributed by atoms with E-state index in [9.17, 15) is 14.4 Å².